The molecule has 0 aliphatic carbocycles. The molecule has 3 heteroatoms. The van der Waals surface area contributed by atoms with Crippen LogP contribution < -0.4 is 0 Å². The highest BCUT2D eigenvalue weighted by atomic mass is 16.5. The largest absolute Gasteiger partial charge is 0.464 e. The van der Waals surface area contributed by atoms with Crippen LogP contribution in [-0.4, -0.2) is 18.1 Å². The van der Waals surface area contributed by atoms with Gasteiger partial charge in [-0.05, 0) is 11.6 Å². The third kappa shape index (κ3) is 1.89. The molecule has 19 heavy (non-hydrogen) atoms. The Hall–Kier alpha value is -2.55. The number of methoxy groups -OCH3 is 1. The van der Waals surface area contributed by atoms with Gasteiger partial charge in [0.25, 0.3) is 0 Å². The average Bonchev–Trinajstić information content (AvgIpc) is 2.86. The van der Waals surface area contributed by atoms with Crippen LogP contribution in [0.5, 0.6) is 0 Å². The van der Waals surface area contributed by atoms with E-state index in [1.165, 1.54) is 7.11 Å². The van der Waals surface area contributed by atoms with Crippen molar-refractivity contribution in [2.24, 2.45) is 0 Å². The second kappa shape index (κ2) is 4.61. The molecular formula is C16H13NO2. The molecule has 0 unspecified atom stereocenters. The second-order valence-electron chi connectivity index (χ2n) is 4.28. The number of nitrogens with one attached hydrogen (secondary N) is 1. The topological polar surface area (TPSA) is 42.1 Å². The van der Waals surface area contributed by atoms with Crippen LogP contribution in [0.15, 0.2) is 54.6 Å². The summed E-state index contributed by atoms with van der Waals surface area (Å²) in [5.41, 5.74) is 3.32. The smallest absolute Gasteiger partial charge is 0.355 e. The molecule has 0 fully saturated rings. The zero-order valence-corrected chi connectivity index (χ0v) is 10.5. The number of ether oxygens (including phenoxy) is 1. The van der Waals surface area contributed by atoms with Crippen LogP contribution in [0, 0.1) is 0 Å². The summed E-state index contributed by atoms with van der Waals surface area (Å²) in [5.74, 6) is -0.352. The number of aromatic amines is 1. The van der Waals surface area contributed by atoms with Crippen molar-refractivity contribution in [1.29, 1.82) is 0 Å². The highest BCUT2D eigenvalue weighted by Gasteiger charge is 2.18. The number of para-hydroxylation sites is 1. The van der Waals surface area contributed by atoms with E-state index in [0.29, 0.717) is 5.69 Å². The number of carbonyl (C=O) groups is 1. The standard InChI is InChI=1S/C16H13NO2/c1-19-16(18)15-14(11-7-3-2-4-8-11)12-9-5-6-10-13(12)17-15/h2-10,17H,1H3. The predicted molar refractivity (Wildman–Crippen MR) is 75.1 cm³/mol. The lowest BCUT2D eigenvalue weighted by Crippen LogP contribution is -2.03. The van der Waals surface area contributed by atoms with Gasteiger partial charge in [-0.2, -0.15) is 0 Å². The lowest BCUT2D eigenvalue weighted by Gasteiger charge is -2.03. The number of hydrogen-bond donors (Lipinski definition) is 1. The minimum Gasteiger partial charge on any atom is -0.464 e. The molecule has 0 saturated carbocycles. The van der Waals surface area contributed by atoms with E-state index in [9.17, 15) is 4.79 Å². The van der Waals surface area contributed by atoms with Crippen molar-refractivity contribution in [3.63, 3.8) is 0 Å². The first kappa shape index (κ1) is 11.5. The highest BCUT2D eigenvalue weighted by molar-refractivity contribution is 6.07. The van der Waals surface area contributed by atoms with E-state index in [2.05, 4.69) is 4.98 Å². The minimum absolute atomic E-state index is 0.352. The van der Waals surface area contributed by atoms with Gasteiger partial charge in [-0.25, -0.2) is 4.79 Å². The van der Waals surface area contributed by atoms with E-state index in [-0.39, 0.29) is 5.97 Å². The van der Waals surface area contributed by atoms with E-state index < -0.39 is 0 Å². The van der Waals surface area contributed by atoms with Crippen molar-refractivity contribution >= 4 is 16.9 Å². The van der Waals surface area contributed by atoms with E-state index in [1.807, 2.05) is 54.6 Å². The summed E-state index contributed by atoms with van der Waals surface area (Å²) in [6.45, 7) is 0. The van der Waals surface area contributed by atoms with Crippen LogP contribution >= 0.6 is 0 Å². The Balaban J connectivity index is 2.34. The van der Waals surface area contributed by atoms with Gasteiger partial charge in [0.2, 0.25) is 0 Å². The summed E-state index contributed by atoms with van der Waals surface area (Å²) >= 11 is 0. The summed E-state index contributed by atoms with van der Waals surface area (Å²) in [6, 6.07) is 17.7. The first-order valence-electron chi connectivity index (χ1n) is 6.05. The van der Waals surface area contributed by atoms with Gasteiger partial charge in [0.15, 0.2) is 0 Å². The minimum atomic E-state index is -0.352. The van der Waals surface area contributed by atoms with Crippen molar-refractivity contribution in [2.75, 3.05) is 7.11 Å². The maximum absolute atomic E-state index is 11.9. The molecular weight excluding hydrogens is 238 g/mol. The fourth-order valence-corrected chi connectivity index (χ4v) is 2.30. The summed E-state index contributed by atoms with van der Waals surface area (Å²) in [6.07, 6.45) is 0. The number of rotatable bonds is 2. The van der Waals surface area contributed by atoms with E-state index in [4.69, 9.17) is 4.74 Å². The lowest BCUT2D eigenvalue weighted by molar-refractivity contribution is 0.0596. The summed E-state index contributed by atoms with van der Waals surface area (Å²) in [4.78, 5) is 15.1. The monoisotopic (exact) mass is 251 g/mol. The lowest BCUT2D eigenvalue weighted by atomic mass is 10.0. The maximum Gasteiger partial charge on any atom is 0.355 e. The van der Waals surface area contributed by atoms with Gasteiger partial charge in [0.05, 0.1) is 7.11 Å². The van der Waals surface area contributed by atoms with Crippen molar-refractivity contribution in [3.05, 3.63) is 60.3 Å². The molecule has 2 aromatic carbocycles. The third-order valence-corrected chi connectivity index (χ3v) is 3.16. The van der Waals surface area contributed by atoms with E-state index >= 15 is 0 Å². The first-order chi connectivity index (χ1) is 9.31. The van der Waals surface area contributed by atoms with Crippen LogP contribution in [-0.2, 0) is 4.74 Å². The Labute approximate surface area is 110 Å². The first-order valence-corrected chi connectivity index (χ1v) is 6.05. The van der Waals surface area contributed by atoms with Crippen molar-refractivity contribution in [3.8, 4) is 11.1 Å². The quantitative estimate of drug-likeness (QED) is 0.707. The molecule has 0 atom stereocenters. The molecule has 94 valence electrons. The third-order valence-electron chi connectivity index (χ3n) is 3.16. The molecule has 1 N–H and O–H groups in total. The molecule has 0 aliphatic rings. The van der Waals surface area contributed by atoms with Crippen molar-refractivity contribution in [1.82, 2.24) is 4.98 Å². The van der Waals surface area contributed by atoms with Gasteiger partial charge in [-0.1, -0.05) is 48.5 Å². The molecule has 0 radical (unpaired) electrons. The highest BCUT2D eigenvalue weighted by Crippen LogP contribution is 2.32. The van der Waals surface area contributed by atoms with Gasteiger partial charge in [0, 0.05) is 16.5 Å². The number of hydrogen-bond acceptors (Lipinski definition) is 2. The van der Waals surface area contributed by atoms with Gasteiger partial charge < -0.3 is 9.72 Å². The fraction of sp³-hybridized carbons (Fsp3) is 0.0625. The molecule has 1 heterocycles. The Morgan fingerprint density at radius 2 is 1.68 bits per heavy atom. The van der Waals surface area contributed by atoms with E-state index in [1.54, 1.807) is 0 Å². The Morgan fingerprint density at radius 3 is 2.42 bits per heavy atom. The zero-order valence-electron chi connectivity index (χ0n) is 10.5. The number of H-pyrrole nitrogens is 1. The summed E-state index contributed by atoms with van der Waals surface area (Å²) < 4.78 is 4.86. The van der Waals surface area contributed by atoms with Crippen LogP contribution in [0.25, 0.3) is 22.0 Å². The molecule has 3 rings (SSSR count). The zero-order chi connectivity index (χ0) is 13.2. The van der Waals surface area contributed by atoms with Crippen LogP contribution in [0.4, 0.5) is 0 Å². The second-order valence-corrected chi connectivity index (χ2v) is 4.28. The predicted octanol–water partition coefficient (Wildman–Crippen LogP) is 3.62. The van der Waals surface area contributed by atoms with Gasteiger partial charge in [-0.15, -0.1) is 0 Å². The van der Waals surface area contributed by atoms with Gasteiger partial charge in [0.1, 0.15) is 5.69 Å². The molecule has 0 saturated heterocycles. The van der Waals surface area contributed by atoms with Gasteiger partial charge >= 0.3 is 5.97 Å². The number of esters is 1. The molecule has 3 nitrogen and oxygen atoms in total. The average molecular weight is 251 g/mol. The summed E-state index contributed by atoms with van der Waals surface area (Å²) in [5, 5.41) is 1.02. The van der Waals surface area contributed by atoms with Crippen molar-refractivity contribution < 1.29 is 9.53 Å². The number of benzene rings is 2. The van der Waals surface area contributed by atoms with Crippen molar-refractivity contribution in [2.45, 2.75) is 0 Å². The normalized spacial score (nSPS) is 10.6. The van der Waals surface area contributed by atoms with Crippen LogP contribution in [0.2, 0.25) is 0 Å². The molecule has 3 aromatic rings. The molecule has 0 bridgehead atoms. The molecule has 1 aromatic heterocycles. The van der Waals surface area contributed by atoms with Crippen LogP contribution in [0.3, 0.4) is 0 Å². The number of aromatic nitrogens is 1. The maximum atomic E-state index is 11.9. The molecule has 0 spiro atoms. The Bertz CT molecular complexity index is 729. The van der Waals surface area contributed by atoms with Gasteiger partial charge in [-0.3, -0.25) is 0 Å². The summed E-state index contributed by atoms with van der Waals surface area (Å²) in [7, 11) is 1.39. The number of carbonyl (C=O) groups excluding carboxylic acids is 1. The Morgan fingerprint density at radius 1 is 1.00 bits per heavy atom. The fourth-order valence-electron chi connectivity index (χ4n) is 2.30. The Kier molecular flexibility index (Phi) is 2.80. The molecule has 0 aliphatic heterocycles. The molecule has 0 amide bonds. The SMILES string of the molecule is COC(=O)c1[nH]c2ccccc2c1-c1ccccc1. The number of fused-ring (bicyclic) bond motifs is 1. The van der Waals surface area contributed by atoms with E-state index in [0.717, 1.165) is 22.0 Å². The van der Waals surface area contributed by atoms with Crippen LogP contribution in [0.1, 0.15) is 10.5 Å².